The molecule has 5 heteroatoms. The molecule has 0 saturated carbocycles. The predicted octanol–water partition coefficient (Wildman–Crippen LogP) is 5.43. The van der Waals surface area contributed by atoms with Crippen molar-refractivity contribution in [2.45, 2.75) is 85.5 Å². The van der Waals surface area contributed by atoms with E-state index in [0.717, 1.165) is 56.1 Å². The number of benzene rings is 1. The van der Waals surface area contributed by atoms with Crippen LogP contribution >= 0.6 is 0 Å². The lowest BCUT2D eigenvalue weighted by Gasteiger charge is -2.18. The molecule has 0 amide bonds. The molecule has 1 rings (SSSR count). The maximum Gasteiger partial charge on any atom is 0.309 e. The Morgan fingerprint density at radius 3 is 1.82 bits per heavy atom. The van der Waals surface area contributed by atoms with E-state index < -0.39 is 22.8 Å². The van der Waals surface area contributed by atoms with Gasteiger partial charge in [0.05, 0.1) is 10.8 Å². The number of unbranched alkanes of at least 4 members (excludes halogenated alkanes) is 3. The standard InChI is InChI=1S/C23H36O5/c1-22(2,20(25)26)14-8-5-6-11-18-16-17(12-13-19(18)24)10-7-9-15-23(3,4)21(27)28/h12-13,16,24H,5-11,14-15H2,1-4H3,(H,25,26)(H,27,28). The third-order valence-electron chi connectivity index (χ3n) is 5.57. The molecular weight excluding hydrogens is 356 g/mol. The van der Waals surface area contributed by atoms with Gasteiger partial charge in [-0.1, -0.05) is 31.4 Å². The van der Waals surface area contributed by atoms with Crippen molar-refractivity contribution in [1.29, 1.82) is 0 Å². The van der Waals surface area contributed by atoms with Gasteiger partial charge in [0.25, 0.3) is 0 Å². The largest absolute Gasteiger partial charge is 0.508 e. The number of carboxylic acid groups (broad SMARTS) is 2. The van der Waals surface area contributed by atoms with Gasteiger partial charge in [0, 0.05) is 0 Å². The Morgan fingerprint density at radius 2 is 1.29 bits per heavy atom. The van der Waals surface area contributed by atoms with E-state index >= 15 is 0 Å². The Hall–Kier alpha value is -2.04. The summed E-state index contributed by atoms with van der Waals surface area (Å²) >= 11 is 0. The first-order valence-corrected chi connectivity index (χ1v) is 10.2. The molecule has 0 heterocycles. The topological polar surface area (TPSA) is 94.8 Å². The van der Waals surface area contributed by atoms with Gasteiger partial charge in [0.15, 0.2) is 0 Å². The highest BCUT2D eigenvalue weighted by molar-refractivity contribution is 5.73. The molecule has 0 bridgehead atoms. The second kappa shape index (κ2) is 10.5. The Balaban J connectivity index is 2.42. The lowest BCUT2D eigenvalue weighted by molar-refractivity contribution is -0.148. The van der Waals surface area contributed by atoms with Crippen LogP contribution in [0.2, 0.25) is 0 Å². The van der Waals surface area contributed by atoms with E-state index in [1.54, 1.807) is 33.8 Å². The Morgan fingerprint density at radius 1 is 0.786 bits per heavy atom. The summed E-state index contributed by atoms with van der Waals surface area (Å²) in [4.78, 5) is 22.3. The van der Waals surface area contributed by atoms with E-state index in [2.05, 4.69) is 0 Å². The maximum atomic E-state index is 11.1. The fraction of sp³-hybridized carbons (Fsp3) is 0.652. The first-order valence-electron chi connectivity index (χ1n) is 10.2. The fourth-order valence-electron chi connectivity index (χ4n) is 3.16. The zero-order valence-electron chi connectivity index (χ0n) is 17.8. The molecule has 0 aromatic heterocycles. The zero-order chi connectivity index (χ0) is 21.4. The van der Waals surface area contributed by atoms with Crippen LogP contribution in [-0.2, 0) is 22.4 Å². The third kappa shape index (κ3) is 7.91. The van der Waals surface area contributed by atoms with Gasteiger partial charge in [-0.25, -0.2) is 0 Å². The molecule has 0 aliphatic heterocycles. The van der Waals surface area contributed by atoms with Gasteiger partial charge in [0.2, 0.25) is 0 Å². The Bertz CT molecular complexity index is 661. The minimum absolute atomic E-state index is 0.307. The predicted molar refractivity (Wildman–Crippen MR) is 111 cm³/mol. The van der Waals surface area contributed by atoms with Gasteiger partial charge in [-0.15, -0.1) is 0 Å². The number of rotatable bonds is 13. The normalized spacial score (nSPS) is 12.1. The first-order chi connectivity index (χ1) is 13.0. The van der Waals surface area contributed by atoms with Crippen LogP contribution in [0.15, 0.2) is 18.2 Å². The molecule has 0 fully saturated rings. The molecule has 0 spiro atoms. The summed E-state index contributed by atoms with van der Waals surface area (Å²) < 4.78 is 0. The molecule has 0 radical (unpaired) electrons. The van der Waals surface area contributed by atoms with Crippen LogP contribution in [0.1, 0.15) is 83.8 Å². The highest BCUT2D eigenvalue weighted by Gasteiger charge is 2.26. The summed E-state index contributed by atoms with van der Waals surface area (Å²) in [7, 11) is 0. The van der Waals surface area contributed by atoms with Gasteiger partial charge < -0.3 is 15.3 Å². The number of phenolic OH excluding ortho intramolecular Hbond substituents is 1. The van der Waals surface area contributed by atoms with E-state index in [-0.39, 0.29) is 0 Å². The highest BCUT2D eigenvalue weighted by atomic mass is 16.4. The van der Waals surface area contributed by atoms with Gasteiger partial charge in [-0.3, -0.25) is 9.59 Å². The zero-order valence-corrected chi connectivity index (χ0v) is 17.8. The summed E-state index contributed by atoms with van der Waals surface area (Å²) in [5.74, 6) is -1.21. The van der Waals surface area contributed by atoms with Crippen LogP contribution in [0.3, 0.4) is 0 Å². The van der Waals surface area contributed by atoms with Crippen molar-refractivity contribution in [3.63, 3.8) is 0 Å². The van der Waals surface area contributed by atoms with E-state index in [1.165, 1.54) is 0 Å². The van der Waals surface area contributed by atoms with Crippen molar-refractivity contribution in [2.24, 2.45) is 10.8 Å². The van der Waals surface area contributed by atoms with Gasteiger partial charge >= 0.3 is 11.9 Å². The highest BCUT2D eigenvalue weighted by Crippen LogP contribution is 2.27. The van der Waals surface area contributed by atoms with Gasteiger partial charge in [-0.05, 0) is 83.4 Å². The number of hydrogen-bond acceptors (Lipinski definition) is 3. The average molecular weight is 393 g/mol. The lowest BCUT2D eigenvalue weighted by Crippen LogP contribution is -2.23. The molecule has 3 N–H and O–H groups in total. The van der Waals surface area contributed by atoms with Crippen molar-refractivity contribution >= 4 is 11.9 Å². The summed E-state index contributed by atoms with van der Waals surface area (Å²) in [5, 5.41) is 28.4. The van der Waals surface area contributed by atoms with E-state index in [0.29, 0.717) is 18.6 Å². The number of aryl methyl sites for hydroxylation is 2. The van der Waals surface area contributed by atoms with Crippen LogP contribution in [-0.4, -0.2) is 27.3 Å². The van der Waals surface area contributed by atoms with Crippen molar-refractivity contribution < 1.29 is 24.9 Å². The molecule has 0 saturated heterocycles. The fourth-order valence-corrected chi connectivity index (χ4v) is 3.16. The van der Waals surface area contributed by atoms with Gasteiger partial charge in [-0.2, -0.15) is 0 Å². The molecule has 158 valence electrons. The molecule has 1 aromatic rings. The number of carboxylic acids is 2. The quantitative estimate of drug-likeness (QED) is 0.389. The van der Waals surface area contributed by atoms with Crippen molar-refractivity contribution in [1.82, 2.24) is 0 Å². The second-order valence-electron chi connectivity index (χ2n) is 9.11. The first kappa shape index (κ1) is 24.0. The molecular formula is C23H36O5. The summed E-state index contributed by atoms with van der Waals surface area (Å²) in [6.07, 6.45) is 7.44. The molecule has 0 unspecified atom stereocenters. The van der Waals surface area contributed by atoms with Crippen LogP contribution in [0.25, 0.3) is 0 Å². The molecule has 5 nitrogen and oxygen atoms in total. The van der Waals surface area contributed by atoms with Crippen molar-refractivity contribution in [3.8, 4) is 5.75 Å². The number of aliphatic carboxylic acids is 2. The lowest BCUT2D eigenvalue weighted by atomic mass is 9.86. The van der Waals surface area contributed by atoms with Crippen LogP contribution in [0, 0.1) is 10.8 Å². The second-order valence-corrected chi connectivity index (χ2v) is 9.11. The van der Waals surface area contributed by atoms with Crippen LogP contribution in [0.5, 0.6) is 5.75 Å². The number of hydrogen-bond donors (Lipinski definition) is 3. The molecule has 0 aliphatic rings. The monoisotopic (exact) mass is 392 g/mol. The average Bonchev–Trinajstić information content (AvgIpc) is 2.60. The number of phenols is 1. The summed E-state index contributed by atoms with van der Waals surface area (Å²) in [5.41, 5.74) is 0.723. The minimum atomic E-state index is -0.760. The summed E-state index contributed by atoms with van der Waals surface area (Å²) in [6.45, 7) is 7.02. The Kier molecular flexibility index (Phi) is 8.99. The van der Waals surface area contributed by atoms with Crippen molar-refractivity contribution in [3.05, 3.63) is 29.3 Å². The van der Waals surface area contributed by atoms with E-state index in [4.69, 9.17) is 10.2 Å². The molecule has 0 atom stereocenters. The van der Waals surface area contributed by atoms with Gasteiger partial charge in [0.1, 0.15) is 5.75 Å². The van der Waals surface area contributed by atoms with Crippen LogP contribution < -0.4 is 0 Å². The van der Waals surface area contributed by atoms with E-state index in [1.807, 2.05) is 12.1 Å². The number of carbonyl (C=O) groups is 2. The molecule has 28 heavy (non-hydrogen) atoms. The van der Waals surface area contributed by atoms with Crippen LogP contribution in [0.4, 0.5) is 0 Å². The number of aromatic hydroxyl groups is 1. The third-order valence-corrected chi connectivity index (χ3v) is 5.57. The maximum absolute atomic E-state index is 11.1. The Labute approximate surface area is 168 Å². The summed E-state index contributed by atoms with van der Waals surface area (Å²) in [6, 6.07) is 5.70. The minimum Gasteiger partial charge on any atom is -0.508 e. The SMILES string of the molecule is CC(C)(CCCCCc1cc(CCCCC(C)(C)C(=O)O)ccc1O)C(=O)O. The van der Waals surface area contributed by atoms with Crippen molar-refractivity contribution in [2.75, 3.05) is 0 Å². The molecule has 1 aromatic carbocycles. The smallest absolute Gasteiger partial charge is 0.309 e. The molecule has 0 aliphatic carbocycles. The van der Waals surface area contributed by atoms with E-state index in [9.17, 15) is 14.7 Å².